The summed E-state index contributed by atoms with van der Waals surface area (Å²) >= 11 is 0. The van der Waals surface area contributed by atoms with Gasteiger partial charge < -0.3 is 10.3 Å². The zero-order valence-corrected chi connectivity index (χ0v) is 9.32. The molecule has 0 saturated heterocycles. The third kappa shape index (κ3) is 2.01. The number of benzene rings is 1. The molecule has 0 saturated carbocycles. The summed E-state index contributed by atoms with van der Waals surface area (Å²) in [5, 5.41) is 1.50. The van der Waals surface area contributed by atoms with Gasteiger partial charge in [-0.25, -0.2) is 0 Å². The highest BCUT2D eigenvalue weighted by atomic mass is 16.1. The van der Waals surface area contributed by atoms with Crippen LogP contribution in [0.3, 0.4) is 0 Å². The Balaban J connectivity index is 0.000000531. The summed E-state index contributed by atoms with van der Waals surface area (Å²) < 4.78 is 1.53. The van der Waals surface area contributed by atoms with Crippen LogP contribution < -0.4 is 11.3 Å². The van der Waals surface area contributed by atoms with Gasteiger partial charge in [0.15, 0.2) is 0 Å². The molecule has 0 unspecified atom stereocenters. The summed E-state index contributed by atoms with van der Waals surface area (Å²) in [4.78, 5) is 11.6. The van der Waals surface area contributed by atoms with Crippen molar-refractivity contribution in [2.75, 3.05) is 5.73 Å². The second-order valence-electron chi connectivity index (χ2n) is 3.04. The van der Waals surface area contributed by atoms with Gasteiger partial charge in [-0.2, -0.15) is 0 Å². The molecule has 1 aromatic heterocycles. The third-order valence-corrected chi connectivity index (χ3v) is 2.14. The fourth-order valence-corrected chi connectivity index (χ4v) is 1.41. The molecule has 3 nitrogen and oxygen atoms in total. The van der Waals surface area contributed by atoms with Gasteiger partial charge in [0.05, 0.1) is 5.39 Å². The first-order valence-corrected chi connectivity index (χ1v) is 5.04. The van der Waals surface area contributed by atoms with E-state index in [0.29, 0.717) is 11.1 Å². The second kappa shape index (κ2) is 4.64. The zero-order valence-electron chi connectivity index (χ0n) is 9.32. The monoisotopic (exact) mass is 204 g/mol. The van der Waals surface area contributed by atoms with Crippen LogP contribution in [0.1, 0.15) is 13.8 Å². The minimum absolute atomic E-state index is 0.0457. The van der Waals surface area contributed by atoms with E-state index in [2.05, 4.69) is 0 Å². The smallest absolute Gasteiger partial charge is 0.260 e. The predicted octanol–water partition coefficient (Wildman–Crippen LogP) is 2.15. The van der Waals surface area contributed by atoms with Crippen molar-refractivity contribution in [3.05, 3.63) is 40.8 Å². The lowest BCUT2D eigenvalue weighted by Crippen LogP contribution is -2.16. The number of hydrogen-bond donors (Lipinski definition) is 1. The van der Waals surface area contributed by atoms with Gasteiger partial charge in [0.1, 0.15) is 0 Å². The Labute approximate surface area is 89.1 Å². The Morgan fingerprint density at radius 2 is 1.87 bits per heavy atom. The number of rotatable bonds is 0. The first kappa shape index (κ1) is 11.3. The molecule has 15 heavy (non-hydrogen) atoms. The standard InChI is InChI=1S/C10H10N2O.C2H6/c1-12-6-5-7-3-2-4-8(11)9(7)10(12)13;1-2/h2-6H,11H2,1H3;1-2H3. The molecule has 2 rings (SSSR count). The van der Waals surface area contributed by atoms with Crippen LogP contribution in [0, 0.1) is 0 Å². The van der Waals surface area contributed by atoms with E-state index in [9.17, 15) is 4.79 Å². The van der Waals surface area contributed by atoms with Gasteiger partial charge >= 0.3 is 0 Å². The number of aromatic nitrogens is 1. The van der Waals surface area contributed by atoms with Gasteiger partial charge in [-0.05, 0) is 17.5 Å². The summed E-state index contributed by atoms with van der Waals surface area (Å²) in [6.45, 7) is 4.00. The van der Waals surface area contributed by atoms with E-state index >= 15 is 0 Å². The molecule has 0 radical (unpaired) electrons. The van der Waals surface area contributed by atoms with E-state index in [-0.39, 0.29) is 5.56 Å². The summed E-state index contributed by atoms with van der Waals surface area (Å²) in [6, 6.07) is 7.35. The Morgan fingerprint density at radius 3 is 2.53 bits per heavy atom. The third-order valence-electron chi connectivity index (χ3n) is 2.14. The van der Waals surface area contributed by atoms with Crippen molar-refractivity contribution in [1.82, 2.24) is 4.57 Å². The van der Waals surface area contributed by atoms with Gasteiger partial charge in [-0.3, -0.25) is 4.79 Å². The molecule has 1 aromatic carbocycles. The van der Waals surface area contributed by atoms with E-state index in [4.69, 9.17) is 5.73 Å². The van der Waals surface area contributed by atoms with Gasteiger partial charge in [0.2, 0.25) is 0 Å². The second-order valence-corrected chi connectivity index (χ2v) is 3.04. The highest BCUT2D eigenvalue weighted by Gasteiger charge is 2.02. The molecular weight excluding hydrogens is 188 g/mol. The highest BCUT2D eigenvalue weighted by Crippen LogP contribution is 2.15. The van der Waals surface area contributed by atoms with E-state index in [1.165, 1.54) is 4.57 Å². The Morgan fingerprint density at radius 1 is 1.20 bits per heavy atom. The Bertz CT molecular complexity index is 515. The predicted molar refractivity (Wildman–Crippen MR) is 64.9 cm³/mol. The number of nitrogens with zero attached hydrogens (tertiary/aromatic N) is 1. The molecule has 2 aromatic rings. The molecule has 0 spiro atoms. The van der Waals surface area contributed by atoms with E-state index in [0.717, 1.165) is 5.39 Å². The molecule has 2 N–H and O–H groups in total. The first-order chi connectivity index (χ1) is 7.20. The van der Waals surface area contributed by atoms with Crippen LogP contribution in [0.4, 0.5) is 5.69 Å². The van der Waals surface area contributed by atoms with Crippen molar-refractivity contribution in [3.8, 4) is 0 Å². The quantitative estimate of drug-likeness (QED) is 0.668. The van der Waals surface area contributed by atoms with E-state index in [1.54, 1.807) is 19.3 Å². The highest BCUT2D eigenvalue weighted by molar-refractivity contribution is 5.91. The lowest BCUT2D eigenvalue weighted by Gasteiger charge is -2.02. The molecule has 0 atom stereocenters. The maximum Gasteiger partial charge on any atom is 0.260 e. The van der Waals surface area contributed by atoms with Crippen LogP contribution in [0.5, 0.6) is 0 Å². The summed E-state index contributed by atoms with van der Waals surface area (Å²) in [5.74, 6) is 0. The zero-order chi connectivity index (χ0) is 11.4. The van der Waals surface area contributed by atoms with E-state index < -0.39 is 0 Å². The average Bonchev–Trinajstić information content (AvgIpc) is 2.26. The minimum Gasteiger partial charge on any atom is -0.398 e. The largest absolute Gasteiger partial charge is 0.398 e. The molecule has 0 fully saturated rings. The number of anilines is 1. The molecular formula is C12H16N2O. The fourth-order valence-electron chi connectivity index (χ4n) is 1.41. The minimum atomic E-state index is -0.0457. The lowest BCUT2D eigenvalue weighted by atomic mass is 10.1. The first-order valence-electron chi connectivity index (χ1n) is 5.04. The van der Waals surface area contributed by atoms with Gasteiger partial charge in [-0.1, -0.05) is 26.0 Å². The Kier molecular flexibility index (Phi) is 3.50. The fraction of sp³-hybridized carbons (Fsp3) is 0.250. The topological polar surface area (TPSA) is 48.0 Å². The molecule has 0 amide bonds. The van der Waals surface area contributed by atoms with Crippen molar-refractivity contribution in [1.29, 1.82) is 0 Å². The van der Waals surface area contributed by atoms with Crippen LogP contribution in [0.15, 0.2) is 35.3 Å². The number of hydrogen-bond acceptors (Lipinski definition) is 2. The van der Waals surface area contributed by atoms with Gasteiger partial charge in [-0.15, -0.1) is 0 Å². The van der Waals surface area contributed by atoms with Gasteiger partial charge in [0, 0.05) is 18.9 Å². The van der Waals surface area contributed by atoms with Crippen LogP contribution >= 0.6 is 0 Å². The average molecular weight is 204 g/mol. The number of nitrogen functional groups attached to an aromatic ring is 1. The van der Waals surface area contributed by atoms with Crippen molar-refractivity contribution in [2.45, 2.75) is 13.8 Å². The summed E-state index contributed by atoms with van der Waals surface area (Å²) in [7, 11) is 1.72. The van der Waals surface area contributed by atoms with E-state index in [1.807, 2.05) is 32.0 Å². The number of pyridine rings is 1. The van der Waals surface area contributed by atoms with Crippen molar-refractivity contribution < 1.29 is 0 Å². The SMILES string of the molecule is CC.Cn1ccc2cccc(N)c2c1=O. The maximum absolute atomic E-state index is 11.6. The molecule has 0 aliphatic rings. The van der Waals surface area contributed by atoms with Crippen LogP contribution in [-0.2, 0) is 7.05 Å². The summed E-state index contributed by atoms with van der Waals surface area (Å²) in [6.07, 6.45) is 1.74. The van der Waals surface area contributed by atoms with Crippen LogP contribution in [0.2, 0.25) is 0 Å². The molecule has 0 aliphatic heterocycles. The molecule has 0 bridgehead atoms. The summed E-state index contributed by atoms with van der Waals surface area (Å²) in [5.41, 5.74) is 6.21. The normalized spacial score (nSPS) is 9.53. The number of nitrogens with two attached hydrogens (primary N) is 1. The Hall–Kier alpha value is -1.77. The molecule has 3 heteroatoms. The van der Waals surface area contributed by atoms with Gasteiger partial charge in [0.25, 0.3) is 5.56 Å². The number of fused-ring (bicyclic) bond motifs is 1. The molecule has 0 aliphatic carbocycles. The van der Waals surface area contributed by atoms with Crippen molar-refractivity contribution in [2.24, 2.45) is 7.05 Å². The molecule has 1 heterocycles. The maximum atomic E-state index is 11.6. The number of aryl methyl sites for hydroxylation is 1. The van der Waals surface area contributed by atoms with Crippen molar-refractivity contribution in [3.63, 3.8) is 0 Å². The van der Waals surface area contributed by atoms with Crippen LogP contribution in [-0.4, -0.2) is 4.57 Å². The van der Waals surface area contributed by atoms with Crippen LogP contribution in [0.25, 0.3) is 10.8 Å². The van der Waals surface area contributed by atoms with Crippen molar-refractivity contribution >= 4 is 16.5 Å². The molecule has 80 valence electrons. The lowest BCUT2D eigenvalue weighted by molar-refractivity contribution is 0.873.